The zero-order valence-corrected chi connectivity index (χ0v) is 9.84. The zero-order valence-electron chi connectivity index (χ0n) is 9.84. The minimum Gasteiger partial charge on any atom is -0.366 e. The van der Waals surface area contributed by atoms with Crippen LogP contribution in [0, 0.1) is 0 Å². The third-order valence-electron chi connectivity index (χ3n) is 3.75. The number of fused-ring (bicyclic) bond motifs is 1. The van der Waals surface area contributed by atoms with Crippen LogP contribution in [0.15, 0.2) is 30.3 Å². The first kappa shape index (κ1) is 10.8. The van der Waals surface area contributed by atoms with Gasteiger partial charge in [-0.2, -0.15) is 0 Å². The van der Waals surface area contributed by atoms with Crippen molar-refractivity contribution in [1.82, 2.24) is 4.90 Å². The van der Waals surface area contributed by atoms with Crippen LogP contribution in [0.4, 0.5) is 0 Å². The summed E-state index contributed by atoms with van der Waals surface area (Å²) in [6.45, 7) is 0.984. The lowest BCUT2D eigenvalue weighted by Gasteiger charge is -2.37. The lowest BCUT2D eigenvalue weighted by atomic mass is 10.1. The summed E-state index contributed by atoms with van der Waals surface area (Å²) >= 11 is 0. The van der Waals surface area contributed by atoms with E-state index in [4.69, 9.17) is 4.74 Å². The Kier molecular flexibility index (Phi) is 2.85. The molecule has 2 aliphatic rings. The number of carbonyl (C=O) groups excluding carboxylic acids is 1. The van der Waals surface area contributed by atoms with E-state index in [-0.39, 0.29) is 18.6 Å². The van der Waals surface area contributed by atoms with Crippen LogP contribution in [0.1, 0.15) is 24.8 Å². The van der Waals surface area contributed by atoms with Crippen molar-refractivity contribution >= 4 is 5.91 Å². The Morgan fingerprint density at radius 1 is 1.24 bits per heavy atom. The first-order valence-electron chi connectivity index (χ1n) is 6.29. The van der Waals surface area contributed by atoms with Crippen LogP contribution in [0.5, 0.6) is 0 Å². The highest BCUT2D eigenvalue weighted by atomic mass is 16.5. The van der Waals surface area contributed by atoms with Gasteiger partial charge < -0.3 is 9.64 Å². The number of morpholine rings is 1. The molecule has 1 aliphatic heterocycles. The molecule has 0 aromatic heterocycles. The number of carbonyl (C=O) groups is 1. The van der Waals surface area contributed by atoms with E-state index in [1.807, 2.05) is 23.1 Å². The molecule has 0 radical (unpaired) electrons. The van der Waals surface area contributed by atoms with Gasteiger partial charge in [-0.15, -0.1) is 0 Å². The van der Waals surface area contributed by atoms with E-state index in [2.05, 4.69) is 12.1 Å². The van der Waals surface area contributed by atoms with Gasteiger partial charge in [-0.25, -0.2) is 0 Å². The molecule has 1 saturated heterocycles. The van der Waals surface area contributed by atoms with Gasteiger partial charge in [0.05, 0.1) is 12.1 Å². The van der Waals surface area contributed by atoms with Crippen molar-refractivity contribution in [3.05, 3.63) is 35.9 Å². The fraction of sp³-hybridized carbons (Fsp3) is 0.500. The first-order valence-corrected chi connectivity index (χ1v) is 6.29. The lowest BCUT2D eigenvalue weighted by molar-refractivity contribution is -0.155. The summed E-state index contributed by atoms with van der Waals surface area (Å²) in [5.41, 5.74) is 1.20. The predicted molar refractivity (Wildman–Crippen MR) is 64.4 cm³/mol. The number of amides is 1. The van der Waals surface area contributed by atoms with Crippen molar-refractivity contribution in [3.63, 3.8) is 0 Å². The maximum atomic E-state index is 11.9. The maximum Gasteiger partial charge on any atom is 0.249 e. The van der Waals surface area contributed by atoms with Crippen LogP contribution in [0.25, 0.3) is 0 Å². The molecule has 3 rings (SSSR count). The summed E-state index contributed by atoms with van der Waals surface area (Å²) in [5, 5.41) is 0. The number of benzene rings is 1. The number of nitrogens with zero attached hydrogens (tertiary/aromatic N) is 1. The molecule has 0 unspecified atom stereocenters. The molecular weight excluding hydrogens is 214 g/mol. The Morgan fingerprint density at radius 2 is 2.06 bits per heavy atom. The predicted octanol–water partition coefficient (Wildman–Crippen LogP) is 1.97. The van der Waals surface area contributed by atoms with E-state index < -0.39 is 0 Å². The van der Waals surface area contributed by atoms with Crippen molar-refractivity contribution in [2.45, 2.75) is 38.0 Å². The largest absolute Gasteiger partial charge is 0.366 e. The minimum atomic E-state index is 0.136. The van der Waals surface area contributed by atoms with Crippen LogP contribution in [0.2, 0.25) is 0 Å². The minimum absolute atomic E-state index is 0.136. The Balaban J connectivity index is 1.78. The number of rotatable bonds is 2. The lowest BCUT2D eigenvalue weighted by Crippen LogP contribution is -2.51. The van der Waals surface area contributed by atoms with Gasteiger partial charge in [0.15, 0.2) is 0 Å². The fourth-order valence-corrected chi connectivity index (χ4v) is 2.89. The molecule has 90 valence electrons. The quantitative estimate of drug-likeness (QED) is 0.778. The van der Waals surface area contributed by atoms with Crippen LogP contribution in [-0.2, 0) is 16.1 Å². The Bertz CT molecular complexity index is 404. The highest BCUT2D eigenvalue weighted by molar-refractivity contribution is 5.78. The highest BCUT2D eigenvalue weighted by Crippen LogP contribution is 2.31. The summed E-state index contributed by atoms with van der Waals surface area (Å²) in [6, 6.07) is 10.5. The van der Waals surface area contributed by atoms with E-state index in [1.165, 1.54) is 12.0 Å². The van der Waals surface area contributed by atoms with Crippen molar-refractivity contribution in [2.75, 3.05) is 6.61 Å². The van der Waals surface area contributed by atoms with Gasteiger partial charge in [0, 0.05) is 6.54 Å². The SMILES string of the molecule is O=C1CO[C@@H]2CCC[C@H]2N1Cc1ccccc1. The third-order valence-corrected chi connectivity index (χ3v) is 3.75. The molecular formula is C14H17NO2. The van der Waals surface area contributed by atoms with Gasteiger partial charge in [-0.3, -0.25) is 4.79 Å². The highest BCUT2D eigenvalue weighted by Gasteiger charge is 2.39. The standard InChI is InChI=1S/C14H17NO2/c16-14-10-17-13-8-4-7-12(13)15(14)9-11-5-2-1-3-6-11/h1-3,5-6,12-13H,4,7-10H2/t12-,13-/m1/s1. The Morgan fingerprint density at radius 3 is 2.88 bits per heavy atom. The smallest absolute Gasteiger partial charge is 0.249 e. The number of ether oxygens (including phenoxy) is 1. The molecule has 0 spiro atoms. The van der Waals surface area contributed by atoms with E-state index in [0.717, 1.165) is 19.4 Å². The second-order valence-electron chi connectivity index (χ2n) is 4.85. The molecule has 1 amide bonds. The molecule has 3 nitrogen and oxygen atoms in total. The molecule has 0 bridgehead atoms. The zero-order chi connectivity index (χ0) is 11.7. The normalized spacial score (nSPS) is 28.2. The topological polar surface area (TPSA) is 29.5 Å². The molecule has 1 heterocycles. The monoisotopic (exact) mass is 231 g/mol. The molecule has 2 fully saturated rings. The van der Waals surface area contributed by atoms with Gasteiger partial charge in [0.25, 0.3) is 0 Å². The third kappa shape index (κ3) is 2.07. The van der Waals surface area contributed by atoms with E-state index in [9.17, 15) is 4.79 Å². The molecule has 1 aromatic carbocycles. The Labute approximate surface area is 101 Å². The molecule has 17 heavy (non-hydrogen) atoms. The van der Waals surface area contributed by atoms with Crippen LogP contribution < -0.4 is 0 Å². The number of hydrogen-bond acceptors (Lipinski definition) is 2. The molecule has 3 heteroatoms. The molecule has 2 atom stereocenters. The van der Waals surface area contributed by atoms with Gasteiger partial charge in [-0.1, -0.05) is 30.3 Å². The second-order valence-corrected chi connectivity index (χ2v) is 4.85. The second kappa shape index (κ2) is 4.49. The Hall–Kier alpha value is -1.35. The number of hydrogen-bond donors (Lipinski definition) is 0. The van der Waals surface area contributed by atoms with E-state index in [1.54, 1.807) is 0 Å². The first-order chi connectivity index (χ1) is 8.34. The van der Waals surface area contributed by atoms with E-state index >= 15 is 0 Å². The maximum absolute atomic E-state index is 11.9. The van der Waals surface area contributed by atoms with Crippen LogP contribution >= 0.6 is 0 Å². The van der Waals surface area contributed by atoms with Crippen molar-refractivity contribution in [2.24, 2.45) is 0 Å². The average Bonchev–Trinajstić information content (AvgIpc) is 2.83. The van der Waals surface area contributed by atoms with Gasteiger partial charge in [-0.05, 0) is 24.8 Å². The molecule has 0 N–H and O–H groups in total. The molecule has 1 saturated carbocycles. The summed E-state index contributed by atoms with van der Waals surface area (Å²) in [6.07, 6.45) is 3.64. The molecule has 1 aliphatic carbocycles. The van der Waals surface area contributed by atoms with Gasteiger partial charge in [0.1, 0.15) is 6.61 Å². The van der Waals surface area contributed by atoms with Crippen LogP contribution in [-0.4, -0.2) is 29.6 Å². The summed E-state index contributed by atoms with van der Waals surface area (Å²) in [7, 11) is 0. The van der Waals surface area contributed by atoms with Gasteiger partial charge >= 0.3 is 0 Å². The fourth-order valence-electron chi connectivity index (χ4n) is 2.89. The van der Waals surface area contributed by atoms with Crippen LogP contribution in [0.3, 0.4) is 0 Å². The van der Waals surface area contributed by atoms with Crippen molar-refractivity contribution < 1.29 is 9.53 Å². The summed E-state index contributed by atoms with van der Waals surface area (Å²) < 4.78 is 5.59. The average molecular weight is 231 g/mol. The van der Waals surface area contributed by atoms with Gasteiger partial charge in [0.2, 0.25) is 5.91 Å². The van der Waals surface area contributed by atoms with Crippen molar-refractivity contribution in [1.29, 1.82) is 0 Å². The molecule has 1 aromatic rings. The summed E-state index contributed by atoms with van der Waals surface area (Å²) in [4.78, 5) is 14.0. The van der Waals surface area contributed by atoms with E-state index in [0.29, 0.717) is 6.04 Å². The van der Waals surface area contributed by atoms with Crippen molar-refractivity contribution in [3.8, 4) is 0 Å². The summed E-state index contributed by atoms with van der Waals surface area (Å²) in [5.74, 6) is 0.136.